The molecule has 1 atom stereocenters. The van der Waals surface area contributed by atoms with Crippen LogP contribution in [0.4, 0.5) is 5.95 Å². The van der Waals surface area contributed by atoms with E-state index in [1.54, 1.807) is 0 Å². The minimum absolute atomic E-state index is 0.506. The lowest BCUT2D eigenvalue weighted by Gasteiger charge is -2.25. The second-order valence-electron chi connectivity index (χ2n) is 4.47. The third-order valence-corrected chi connectivity index (χ3v) is 4.00. The van der Waals surface area contributed by atoms with Crippen LogP contribution in [0.3, 0.4) is 0 Å². The Kier molecular flexibility index (Phi) is 3.22. The van der Waals surface area contributed by atoms with E-state index in [9.17, 15) is 0 Å². The molecule has 1 unspecified atom stereocenters. The van der Waals surface area contributed by atoms with E-state index in [1.165, 1.54) is 0 Å². The molecule has 1 saturated heterocycles. The fourth-order valence-corrected chi connectivity index (χ4v) is 2.88. The molecule has 2 aromatic heterocycles. The van der Waals surface area contributed by atoms with Crippen molar-refractivity contribution in [2.24, 2.45) is 0 Å². The summed E-state index contributed by atoms with van der Waals surface area (Å²) in [5, 5.41) is 7.95. The lowest BCUT2D eigenvalue weighted by molar-refractivity contribution is 0.631. The van der Waals surface area contributed by atoms with Crippen LogP contribution < -0.4 is 10.2 Å². The number of halogens is 1. The Balaban J connectivity index is 1.99. The molecule has 1 aliphatic heterocycles. The van der Waals surface area contributed by atoms with Crippen molar-refractivity contribution >= 4 is 27.5 Å². The second-order valence-corrected chi connectivity index (χ2v) is 5.32. The lowest BCUT2D eigenvalue weighted by atomic mass is 10.2. The van der Waals surface area contributed by atoms with Gasteiger partial charge in [-0.25, -0.2) is 4.52 Å². The first kappa shape index (κ1) is 11.9. The normalized spacial score (nSPS) is 19.6. The van der Waals surface area contributed by atoms with Crippen LogP contribution in [0.2, 0.25) is 0 Å². The van der Waals surface area contributed by atoms with Gasteiger partial charge in [-0.1, -0.05) is 0 Å². The number of anilines is 1. The highest BCUT2D eigenvalue weighted by Gasteiger charge is 2.24. The third-order valence-electron chi connectivity index (χ3n) is 3.38. The van der Waals surface area contributed by atoms with Gasteiger partial charge in [0.05, 0.1) is 4.47 Å². The van der Waals surface area contributed by atoms with E-state index in [-0.39, 0.29) is 0 Å². The van der Waals surface area contributed by atoms with Gasteiger partial charge >= 0.3 is 0 Å². The predicted molar refractivity (Wildman–Crippen MR) is 75.0 cm³/mol. The first-order chi connectivity index (χ1) is 8.79. The first-order valence-corrected chi connectivity index (χ1v) is 7.07. The molecule has 0 radical (unpaired) electrons. The molecular formula is C12H16BrN5. The Bertz CT molecular complexity index is 546. The lowest BCUT2D eigenvalue weighted by Crippen LogP contribution is -2.37. The van der Waals surface area contributed by atoms with Crippen LogP contribution in [-0.2, 0) is 0 Å². The highest BCUT2D eigenvalue weighted by atomic mass is 79.9. The number of aromatic nitrogens is 3. The average molecular weight is 310 g/mol. The zero-order valence-electron chi connectivity index (χ0n) is 10.3. The summed E-state index contributed by atoms with van der Waals surface area (Å²) in [5.74, 6) is 0.818. The number of hydrogen-bond acceptors (Lipinski definition) is 4. The van der Waals surface area contributed by atoms with Crippen LogP contribution in [0.1, 0.15) is 13.3 Å². The molecule has 0 aliphatic carbocycles. The monoisotopic (exact) mass is 309 g/mol. The molecule has 1 aliphatic rings. The Morgan fingerprint density at radius 3 is 3.17 bits per heavy atom. The molecule has 1 fully saturated rings. The molecule has 6 heteroatoms. The Morgan fingerprint density at radius 2 is 2.50 bits per heavy atom. The fourth-order valence-electron chi connectivity index (χ4n) is 2.45. The van der Waals surface area contributed by atoms with E-state index in [0.29, 0.717) is 6.04 Å². The Morgan fingerprint density at radius 1 is 1.61 bits per heavy atom. The number of likely N-dealkylation sites (N-methyl/N-ethyl adjacent to an activating group) is 1. The quantitative estimate of drug-likeness (QED) is 0.937. The zero-order valence-corrected chi connectivity index (χ0v) is 11.9. The summed E-state index contributed by atoms with van der Waals surface area (Å²) in [6.45, 7) is 5.18. The van der Waals surface area contributed by atoms with Crippen LogP contribution in [0.25, 0.3) is 5.65 Å². The Labute approximate surface area is 114 Å². The molecule has 5 nitrogen and oxygen atoms in total. The molecule has 18 heavy (non-hydrogen) atoms. The van der Waals surface area contributed by atoms with E-state index in [0.717, 1.165) is 42.1 Å². The smallest absolute Gasteiger partial charge is 0.246 e. The summed E-state index contributed by atoms with van der Waals surface area (Å²) >= 11 is 3.51. The summed E-state index contributed by atoms with van der Waals surface area (Å²) in [6, 6.07) is 4.45. The van der Waals surface area contributed by atoms with E-state index in [1.807, 2.05) is 22.8 Å². The molecule has 2 aromatic rings. The van der Waals surface area contributed by atoms with Crippen LogP contribution in [0.5, 0.6) is 0 Å². The van der Waals surface area contributed by atoms with E-state index in [4.69, 9.17) is 0 Å². The maximum atomic E-state index is 4.63. The minimum atomic E-state index is 0.506. The predicted octanol–water partition coefficient (Wildman–Crippen LogP) is 1.68. The van der Waals surface area contributed by atoms with E-state index in [2.05, 4.69) is 43.2 Å². The highest BCUT2D eigenvalue weighted by Crippen LogP contribution is 2.21. The van der Waals surface area contributed by atoms with Crippen molar-refractivity contribution in [1.82, 2.24) is 19.9 Å². The van der Waals surface area contributed by atoms with Gasteiger partial charge in [-0.05, 0) is 48.0 Å². The summed E-state index contributed by atoms with van der Waals surface area (Å²) in [7, 11) is 0. The van der Waals surface area contributed by atoms with Crippen LogP contribution in [0, 0.1) is 0 Å². The van der Waals surface area contributed by atoms with E-state index < -0.39 is 0 Å². The number of nitrogens with one attached hydrogen (secondary N) is 1. The summed E-state index contributed by atoms with van der Waals surface area (Å²) in [5.41, 5.74) is 0.872. The maximum absolute atomic E-state index is 4.63. The van der Waals surface area contributed by atoms with Gasteiger partial charge in [0, 0.05) is 25.3 Å². The minimum Gasteiger partial charge on any atom is -0.335 e. The van der Waals surface area contributed by atoms with Crippen molar-refractivity contribution in [1.29, 1.82) is 0 Å². The Hall–Kier alpha value is -1.14. The maximum Gasteiger partial charge on any atom is 0.246 e. The number of pyridine rings is 1. The number of nitrogens with zero attached hydrogens (tertiary/aromatic N) is 4. The van der Waals surface area contributed by atoms with Gasteiger partial charge in [0.15, 0.2) is 5.65 Å². The van der Waals surface area contributed by atoms with Crippen molar-refractivity contribution in [2.75, 3.05) is 24.5 Å². The van der Waals surface area contributed by atoms with Gasteiger partial charge in [0.1, 0.15) is 0 Å². The molecule has 96 valence electrons. The second kappa shape index (κ2) is 4.85. The van der Waals surface area contributed by atoms with Crippen molar-refractivity contribution in [3.05, 3.63) is 22.8 Å². The summed E-state index contributed by atoms with van der Waals surface area (Å²) < 4.78 is 2.80. The van der Waals surface area contributed by atoms with Crippen LogP contribution in [-0.4, -0.2) is 40.3 Å². The largest absolute Gasteiger partial charge is 0.335 e. The molecule has 0 saturated carbocycles. The molecule has 3 rings (SSSR count). The molecule has 1 N–H and O–H groups in total. The SMILES string of the molecule is CCN(c1nc2c(Br)cccn2n1)C1CCNC1. The van der Waals surface area contributed by atoms with Crippen LogP contribution in [0.15, 0.2) is 22.8 Å². The third kappa shape index (κ3) is 1.99. The molecular weight excluding hydrogens is 294 g/mol. The highest BCUT2D eigenvalue weighted by molar-refractivity contribution is 9.10. The molecule has 0 bridgehead atoms. The standard InChI is InChI=1S/C12H16BrN5/c1-2-17(9-5-6-14-8-9)12-15-11-10(13)4-3-7-18(11)16-12/h3-4,7,9,14H,2,5-6,8H2,1H3. The summed E-state index contributed by atoms with van der Waals surface area (Å²) in [4.78, 5) is 6.91. The molecule has 3 heterocycles. The van der Waals surface area contributed by atoms with E-state index >= 15 is 0 Å². The number of rotatable bonds is 3. The van der Waals surface area contributed by atoms with Gasteiger partial charge < -0.3 is 10.2 Å². The van der Waals surface area contributed by atoms with Crippen molar-refractivity contribution in [3.63, 3.8) is 0 Å². The molecule has 0 spiro atoms. The average Bonchev–Trinajstić information content (AvgIpc) is 3.00. The first-order valence-electron chi connectivity index (χ1n) is 6.28. The van der Waals surface area contributed by atoms with Gasteiger partial charge in [-0.2, -0.15) is 4.98 Å². The zero-order chi connectivity index (χ0) is 12.5. The van der Waals surface area contributed by atoms with Crippen molar-refractivity contribution in [2.45, 2.75) is 19.4 Å². The number of hydrogen-bond donors (Lipinski definition) is 1. The van der Waals surface area contributed by atoms with Gasteiger partial charge in [-0.3, -0.25) is 0 Å². The number of fused-ring (bicyclic) bond motifs is 1. The fraction of sp³-hybridized carbons (Fsp3) is 0.500. The van der Waals surface area contributed by atoms with Gasteiger partial charge in [0.25, 0.3) is 0 Å². The van der Waals surface area contributed by atoms with Crippen molar-refractivity contribution in [3.8, 4) is 0 Å². The van der Waals surface area contributed by atoms with Crippen molar-refractivity contribution < 1.29 is 0 Å². The van der Waals surface area contributed by atoms with Gasteiger partial charge in [-0.15, -0.1) is 5.10 Å². The molecule has 0 aromatic carbocycles. The topological polar surface area (TPSA) is 45.5 Å². The van der Waals surface area contributed by atoms with Crippen LogP contribution >= 0.6 is 15.9 Å². The van der Waals surface area contributed by atoms with Gasteiger partial charge in [0.2, 0.25) is 5.95 Å². The summed E-state index contributed by atoms with van der Waals surface area (Å²) in [6.07, 6.45) is 3.09. The molecule has 0 amide bonds.